The lowest BCUT2D eigenvalue weighted by Crippen LogP contribution is -2.29. The molecule has 2 atom stereocenters. The molecule has 0 unspecified atom stereocenters. The number of esters is 1. The molecule has 0 spiro atoms. The summed E-state index contributed by atoms with van der Waals surface area (Å²) < 4.78 is 11.1. The van der Waals surface area contributed by atoms with Crippen LogP contribution in [0.1, 0.15) is 87.3 Å². The van der Waals surface area contributed by atoms with E-state index < -0.39 is 5.60 Å². The number of carbonyl (C=O) groups is 1. The van der Waals surface area contributed by atoms with Crippen molar-refractivity contribution in [1.82, 2.24) is 0 Å². The van der Waals surface area contributed by atoms with Crippen molar-refractivity contribution >= 4 is 17.7 Å². The molecule has 0 radical (unpaired) electrons. The Morgan fingerprint density at radius 1 is 0.966 bits per heavy atom. The van der Waals surface area contributed by atoms with Crippen molar-refractivity contribution in [2.75, 3.05) is 6.61 Å². The van der Waals surface area contributed by atoms with Gasteiger partial charge in [-0.2, -0.15) is 0 Å². The molecule has 1 N–H and O–H groups in total. The highest BCUT2D eigenvalue weighted by molar-refractivity contribution is 8.00. The summed E-state index contributed by atoms with van der Waals surface area (Å²) in [4.78, 5) is 13.0. The van der Waals surface area contributed by atoms with Crippen LogP contribution in [0.2, 0.25) is 0 Å². The third kappa shape index (κ3) is 8.21. The normalized spacial score (nSPS) is 15.1. The average molecular weight is 425 g/mol. The van der Waals surface area contributed by atoms with Gasteiger partial charge in [-0.1, -0.05) is 48.5 Å². The van der Waals surface area contributed by atoms with E-state index in [2.05, 4.69) is 60.6 Å². The van der Waals surface area contributed by atoms with E-state index in [-0.39, 0.29) is 34.8 Å². The summed E-state index contributed by atoms with van der Waals surface area (Å²) in [6.45, 7) is 22.2. The average Bonchev–Trinajstić information content (AvgIpc) is 2.50. The predicted molar refractivity (Wildman–Crippen MR) is 122 cm³/mol. The van der Waals surface area contributed by atoms with Gasteiger partial charge in [0.05, 0.1) is 6.10 Å². The number of rotatable bonds is 6. The van der Waals surface area contributed by atoms with E-state index in [9.17, 15) is 9.90 Å². The molecule has 1 aromatic carbocycles. The van der Waals surface area contributed by atoms with Crippen molar-refractivity contribution in [3.8, 4) is 5.75 Å². The van der Waals surface area contributed by atoms with E-state index in [0.29, 0.717) is 5.75 Å². The molecule has 0 amide bonds. The zero-order valence-corrected chi connectivity index (χ0v) is 20.9. The second-order valence-corrected chi connectivity index (χ2v) is 12.2. The third-order valence-electron chi connectivity index (χ3n) is 4.57. The van der Waals surface area contributed by atoms with E-state index in [0.717, 1.165) is 16.0 Å². The Morgan fingerprint density at radius 3 is 1.79 bits per heavy atom. The van der Waals surface area contributed by atoms with Crippen LogP contribution in [0.5, 0.6) is 5.75 Å². The van der Waals surface area contributed by atoms with Gasteiger partial charge in [0.15, 0.2) is 0 Å². The molecule has 0 saturated heterocycles. The smallest absolute Gasteiger partial charge is 0.332 e. The van der Waals surface area contributed by atoms with Gasteiger partial charge in [-0.3, -0.25) is 0 Å². The van der Waals surface area contributed by atoms with Gasteiger partial charge in [-0.15, -0.1) is 11.8 Å². The summed E-state index contributed by atoms with van der Waals surface area (Å²) in [6, 6.07) is 4.15. The Labute approximate surface area is 181 Å². The maximum atomic E-state index is 11.9. The third-order valence-corrected chi connectivity index (χ3v) is 5.83. The molecule has 0 saturated carbocycles. The lowest BCUT2D eigenvalue weighted by molar-refractivity contribution is -0.161. The monoisotopic (exact) mass is 424 g/mol. The van der Waals surface area contributed by atoms with E-state index in [1.807, 2.05) is 27.7 Å². The fraction of sp³-hybridized carbons (Fsp3) is 0.708. The molecule has 5 heteroatoms. The SMILES string of the molecule is C[C@H](OCC(=O)OC(C)(C)C)[C@@H](C)Sc1cc(C(C)(C)C)c(O)c(C(C)(C)C)c1. The molecule has 29 heavy (non-hydrogen) atoms. The zero-order valence-electron chi connectivity index (χ0n) is 20.1. The molecule has 1 rings (SSSR count). The first-order valence-corrected chi connectivity index (χ1v) is 11.2. The van der Waals surface area contributed by atoms with E-state index in [4.69, 9.17) is 9.47 Å². The minimum absolute atomic E-state index is 0.0562. The second kappa shape index (κ2) is 9.30. The lowest BCUT2D eigenvalue weighted by Gasteiger charge is -2.29. The molecule has 0 bridgehead atoms. The summed E-state index contributed by atoms with van der Waals surface area (Å²) in [5.74, 6) is 0.0347. The number of benzene rings is 1. The molecule has 166 valence electrons. The van der Waals surface area contributed by atoms with Crippen LogP contribution < -0.4 is 0 Å². The lowest BCUT2D eigenvalue weighted by atomic mass is 9.79. The van der Waals surface area contributed by atoms with Crippen molar-refractivity contribution < 1.29 is 19.4 Å². The summed E-state index contributed by atoms with van der Waals surface area (Å²) in [5.41, 5.74) is 1.05. The molecular weight excluding hydrogens is 384 g/mol. The number of thioether (sulfide) groups is 1. The van der Waals surface area contributed by atoms with Crippen molar-refractivity contribution in [2.24, 2.45) is 0 Å². The Hall–Kier alpha value is -1.20. The summed E-state index contributed by atoms with van der Waals surface area (Å²) in [5, 5.41) is 11.0. The Kier molecular flexibility index (Phi) is 8.28. The first kappa shape index (κ1) is 25.8. The van der Waals surface area contributed by atoms with Crippen molar-refractivity contribution in [3.63, 3.8) is 0 Å². The Bertz CT molecular complexity index is 670. The van der Waals surface area contributed by atoms with Gasteiger partial charge in [0, 0.05) is 21.3 Å². The highest BCUT2D eigenvalue weighted by Crippen LogP contribution is 2.42. The van der Waals surface area contributed by atoms with Crippen LogP contribution in [0.3, 0.4) is 0 Å². The van der Waals surface area contributed by atoms with Gasteiger partial charge < -0.3 is 14.6 Å². The number of aromatic hydroxyl groups is 1. The second-order valence-electron chi connectivity index (χ2n) is 10.8. The zero-order chi connectivity index (χ0) is 22.8. The molecule has 0 aliphatic rings. The summed E-state index contributed by atoms with van der Waals surface area (Å²) in [7, 11) is 0. The summed E-state index contributed by atoms with van der Waals surface area (Å²) >= 11 is 1.70. The minimum atomic E-state index is -0.511. The fourth-order valence-electron chi connectivity index (χ4n) is 2.84. The standard InChI is InChI=1S/C24H40O4S/c1-15(27-14-20(25)28-24(9,10)11)16(2)29-17-12-18(22(3,4)5)21(26)19(13-17)23(6,7)8/h12-13,15-16,26H,14H2,1-11H3/t15-,16+/m0/s1. The molecule has 0 aliphatic heterocycles. The maximum Gasteiger partial charge on any atom is 0.332 e. The molecule has 0 aliphatic carbocycles. The molecule has 0 aromatic heterocycles. The predicted octanol–water partition coefficient (Wildman–Crippen LogP) is 6.21. The Balaban J connectivity index is 2.97. The number of phenolic OH excluding ortho intramolecular Hbond substituents is 1. The molecular formula is C24H40O4S. The number of phenols is 1. The molecule has 0 heterocycles. The number of ether oxygens (including phenoxy) is 2. The van der Waals surface area contributed by atoms with E-state index in [1.165, 1.54) is 0 Å². The van der Waals surface area contributed by atoms with Crippen molar-refractivity contribution in [1.29, 1.82) is 0 Å². The van der Waals surface area contributed by atoms with Gasteiger partial charge >= 0.3 is 5.97 Å². The van der Waals surface area contributed by atoms with Crippen LogP contribution in [0, 0.1) is 0 Å². The highest BCUT2D eigenvalue weighted by Gasteiger charge is 2.27. The van der Waals surface area contributed by atoms with Crippen molar-refractivity contribution in [3.05, 3.63) is 23.3 Å². The quantitative estimate of drug-likeness (QED) is 0.434. The molecule has 4 nitrogen and oxygen atoms in total. The van der Waals surface area contributed by atoms with Crippen LogP contribution in [-0.2, 0) is 25.1 Å². The number of hydrogen-bond donors (Lipinski definition) is 1. The van der Waals surface area contributed by atoms with Crippen LogP contribution in [0.25, 0.3) is 0 Å². The first-order chi connectivity index (χ1) is 12.9. The van der Waals surface area contributed by atoms with E-state index in [1.54, 1.807) is 11.8 Å². The van der Waals surface area contributed by atoms with Gasteiger partial charge in [0.1, 0.15) is 18.0 Å². The first-order valence-electron chi connectivity index (χ1n) is 10.3. The molecule has 1 aromatic rings. The number of carbonyl (C=O) groups excluding carboxylic acids is 1. The van der Waals surface area contributed by atoms with Gasteiger partial charge in [-0.05, 0) is 50.7 Å². The van der Waals surface area contributed by atoms with Gasteiger partial charge in [0.25, 0.3) is 0 Å². The molecule has 0 fully saturated rings. The van der Waals surface area contributed by atoms with E-state index >= 15 is 0 Å². The number of hydrogen-bond acceptors (Lipinski definition) is 5. The van der Waals surface area contributed by atoms with Gasteiger partial charge in [0.2, 0.25) is 0 Å². The maximum absolute atomic E-state index is 11.9. The fourth-order valence-corrected chi connectivity index (χ4v) is 3.91. The van der Waals surface area contributed by atoms with Crippen LogP contribution in [-0.4, -0.2) is 34.6 Å². The Morgan fingerprint density at radius 2 is 1.41 bits per heavy atom. The van der Waals surface area contributed by atoms with Crippen LogP contribution in [0.4, 0.5) is 0 Å². The highest BCUT2D eigenvalue weighted by atomic mass is 32.2. The van der Waals surface area contributed by atoms with Crippen LogP contribution >= 0.6 is 11.8 Å². The van der Waals surface area contributed by atoms with Gasteiger partial charge in [-0.25, -0.2) is 4.79 Å². The summed E-state index contributed by atoms with van der Waals surface area (Å²) in [6.07, 6.45) is -0.127. The minimum Gasteiger partial charge on any atom is -0.507 e. The topological polar surface area (TPSA) is 55.8 Å². The van der Waals surface area contributed by atoms with Crippen LogP contribution in [0.15, 0.2) is 17.0 Å². The van der Waals surface area contributed by atoms with Crippen molar-refractivity contribution in [2.45, 2.75) is 109 Å². The largest absolute Gasteiger partial charge is 0.507 e.